The van der Waals surface area contributed by atoms with Gasteiger partial charge in [0.2, 0.25) is 0 Å². The number of amides is 2. The third kappa shape index (κ3) is 3.27. The molecule has 0 spiro atoms. The zero-order valence-electron chi connectivity index (χ0n) is 12.5. The van der Waals surface area contributed by atoms with Crippen LogP contribution in [0.1, 0.15) is 19.8 Å². The molecule has 1 N–H and O–H groups in total. The topological polar surface area (TPSA) is 50.2 Å². The molecule has 22 heavy (non-hydrogen) atoms. The second-order valence-corrected chi connectivity index (χ2v) is 5.87. The van der Waals surface area contributed by atoms with Crippen molar-refractivity contribution in [3.8, 4) is 5.69 Å². The summed E-state index contributed by atoms with van der Waals surface area (Å²) >= 11 is 0. The summed E-state index contributed by atoms with van der Waals surface area (Å²) in [7, 11) is 0. The third-order valence-corrected chi connectivity index (χ3v) is 3.82. The predicted octanol–water partition coefficient (Wildman–Crippen LogP) is 3.23. The summed E-state index contributed by atoms with van der Waals surface area (Å²) in [5.41, 5.74) is 0.309. The summed E-state index contributed by atoms with van der Waals surface area (Å²) in [5.74, 6) is 0. The van der Waals surface area contributed by atoms with Gasteiger partial charge in [-0.05, 0) is 50.1 Å². The van der Waals surface area contributed by atoms with Gasteiger partial charge in [0, 0.05) is 24.6 Å². The first-order valence-electron chi connectivity index (χ1n) is 7.38. The maximum atomic E-state index is 14.0. The summed E-state index contributed by atoms with van der Waals surface area (Å²) < 4.78 is 15.7. The molecular formula is C16H19FN4O. The Kier molecular flexibility index (Phi) is 3.83. The highest BCUT2D eigenvalue weighted by molar-refractivity contribution is 5.89. The predicted molar refractivity (Wildman–Crippen MR) is 82.9 cm³/mol. The van der Waals surface area contributed by atoms with Gasteiger partial charge in [0.1, 0.15) is 5.67 Å². The van der Waals surface area contributed by atoms with Crippen molar-refractivity contribution in [1.29, 1.82) is 0 Å². The van der Waals surface area contributed by atoms with E-state index in [2.05, 4.69) is 10.4 Å². The number of aromatic nitrogens is 2. The Labute approximate surface area is 128 Å². The van der Waals surface area contributed by atoms with Gasteiger partial charge in [-0.25, -0.2) is 13.9 Å². The van der Waals surface area contributed by atoms with Crippen LogP contribution in [0, 0.1) is 0 Å². The molecule has 1 fully saturated rings. The zero-order valence-corrected chi connectivity index (χ0v) is 12.5. The summed E-state index contributed by atoms with van der Waals surface area (Å²) in [5, 5.41) is 6.96. The molecule has 1 aliphatic rings. The number of benzene rings is 1. The van der Waals surface area contributed by atoms with E-state index in [4.69, 9.17) is 0 Å². The fourth-order valence-corrected chi connectivity index (χ4v) is 2.69. The number of carbonyl (C=O) groups excluding carboxylic acids is 1. The number of hydrogen-bond acceptors (Lipinski definition) is 2. The average Bonchev–Trinajstić information content (AvgIpc) is 3.01. The van der Waals surface area contributed by atoms with Crippen molar-refractivity contribution < 1.29 is 9.18 Å². The molecule has 1 aromatic carbocycles. The van der Waals surface area contributed by atoms with Crippen molar-refractivity contribution in [1.82, 2.24) is 14.7 Å². The van der Waals surface area contributed by atoms with Crippen molar-refractivity contribution >= 4 is 11.7 Å². The molecule has 2 amide bonds. The maximum absolute atomic E-state index is 14.0. The number of anilines is 1. The summed E-state index contributed by atoms with van der Waals surface area (Å²) in [6.07, 6.45) is 4.76. The first-order valence-corrected chi connectivity index (χ1v) is 7.38. The molecule has 1 saturated heterocycles. The van der Waals surface area contributed by atoms with E-state index in [9.17, 15) is 9.18 Å². The standard InChI is InChI=1S/C16H19FN4O/c1-16(17)8-2-10-20(12-16)15(22)19-13-4-6-14(7-5-13)21-11-3-9-18-21/h3-7,9,11H,2,8,10,12H2,1H3,(H,19,22)/t16-/m0/s1. The van der Waals surface area contributed by atoms with Crippen molar-refractivity contribution in [2.75, 3.05) is 18.4 Å². The molecular weight excluding hydrogens is 283 g/mol. The lowest BCUT2D eigenvalue weighted by Crippen LogP contribution is -2.47. The Morgan fingerprint density at radius 3 is 2.77 bits per heavy atom. The van der Waals surface area contributed by atoms with Gasteiger partial charge in [-0.1, -0.05) is 0 Å². The van der Waals surface area contributed by atoms with Gasteiger partial charge in [-0.15, -0.1) is 0 Å². The quantitative estimate of drug-likeness (QED) is 0.926. The first-order chi connectivity index (χ1) is 10.5. The van der Waals surface area contributed by atoms with Crippen molar-refractivity contribution in [2.45, 2.75) is 25.4 Å². The SMILES string of the molecule is C[C@]1(F)CCCN(C(=O)Nc2ccc(-n3cccn3)cc2)C1. The number of nitrogens with one attached hydrogen (secondary N) is 1. The van der Waals surface area contributed by atoms with Crippen LogP contribution in [0.25, 0.3) is 5.69 Å². The van der Waals surface area contributed by atoms with Gasteiger partial charge in [-0.3, -0.25) is 0 Å². The van der Waals surface area contributed by atoms with Crippen LogP contribution in [0.4, 0.5) is 14.9 Å². The Balaban J connectivity index is 1.64. The van der Waals surface area contributed by atoms with E-state index in [1.165, 1.54) is 4.90 Å². The van der Waals surface area contributed by atoms with Gasteiger partial charge in [0.25, 0.3) is 0 Å². The molecule has 3 rings (SSSR count). The monoisotopic (exact) mass is 302 g/mol. The van der Waals surface area contributed by atoms with Crippen LogP contribution in [0.15, 0.2) is 42.7 Å². The largest absolute Gasteiger partial charge is 0.321 e. The van der Waals surface area contributed by atoms with E-state index in [1.54, 1.807) is 17.8 Å². The molecule has 6 heteroatoms. The molecule has 2 aromatic rings. The zero-order chi connectivity index (χ0) is 15.6. The minimum absolute atomic E-state index is 0.143. The second kappa shape index (κ2) is 5.79. The highest BCUT2D eigenvalue weighted by atomic mass is 19.1. The summed E-state index contributed by atoms with van der Waals surface area (Å²) in [6.45, 7) is 2.28. The number of nitrogens with zero attached hydrogens (tertiary/aromatic N) is 3. The lowest BCUT2D eigenvalue weighted by Gasteiger charge is -2.35. The molecule has 0 bridgehead atoms. The van der Waals surface area contributed by atoms with Crippen LogP contribution in [-0.4, -0.2) is 39.5 Å². The molecule has 5 nitrogen and oxygen atoms in total. The summed E-state index contributed by atoms with van der Waals surface area (Å²) in [4.78, 5) is 13.7. The van der Waals surface area contributed by atoms with Crippen LogP contribution >= 0.6 is 0 Å². The number of halogens is 1. The smallest absolute Gasteiger partial charge is 0.321 e. The molecule has 0 saturated carbocycles. The molecule has 116 valence electrons. The van der Waals surface area contributed by atoms with Crippen LogP contribution in [0.5, 0.6) is 0 Å². The van der Waals surface area contributed by atoms with E-state index in [1.807, 2.05) is 36.5 Å². The van der Waals surface area contributed by atoms with Crippen LogP contribution < -0.4 is 5.32 Å². The highest BCUT2D eigenvalue weighted by Crippen LogP contribution is 2.25. The van der Waals surface area contributed by atoms with Gasteiger partial charge >= 0.3 is 6.03 Å². The molecule has 0 radical (unpaired) electrons. The Morgan fingerprint density at radius 1 is 1.36 bits per heavy atom. The van der Waals surface area contributed by atoms with Crippen LogP contribution in [0.3, 0.4) is 0 Å². The minimum Gasteiger partial charge on any atom is -0.321 e. The number of rotatable bonds is 2. The minimum atomic E-state index is -1.29. The first kappa shape index (κ1) is 14.6. The van der Waals surface area contributed by atoms with Crippen molar-refractivity contribution in [3.05, 3.63) is 42.7 Å². The molecule has 0 aliphatic carbocycles. The van der Waals surface area contributed by atoms with E-state index >= 15 is 0 Å². The fourth-order valence-electron chi connectivity index (χ4n) is 2.69. The van der Waals surface area contributed by atoms with Gasteiger partial charge in [0.05, 0.1) is 12.2 Å². The Morgan fingerprint density at radius 2 is 2.14 bits per heavy atom. The highest BCUT2D eigenvalue weighted by Gasteiger charge is 2.32. The van der Waals surface area contributed by atoms with E-state index in [-0.39, 0.29) is 12.6 Å². The summed E-state index contributed by atoms with van der Waals surface area (Å²) in [6, 6.07) is 8.97. The molecule has 0 unspecified atom stereocenters. The second-order valence-electron chi connectivity index (χ2n) is 5.87. The number of likely N-dealkylation sites (tertiary alicyclic amines) is 1. The Bertz CT molecular complexity index is 637. The fraction of sp³-hybridized carbons (Fsp3) is 0.375. The van der Waals surface area contributed by atoms with Crippen LogP contribution in [-0.2, 0) is 0 Å². The normalized spacial score (nSPS) is 21.6. The van der Waals surface area contributed by atoms with E-state index in [0.717, 1.165) is 5.69 Å². The van der Waals surface area contributed by atoms with Gasteiger partial charge in [0.15, 0.2) is 0 Å². The molecule has 2 heterocycles. The van der Waals surface area contributed by atoms with Crippen LogP contribution in [0.2, 0.25) is 0 Å². The number of alkyl halides is 1. The molecule has 1 aromatic heterocycles. The third-order valence-electron chi connectivity index (χ3n) is 3.82. The Hall–Kier alpha value is -2.37. The van der Waals surface area contributed by atoms with E-state index in [0.29, 0.717) is 25.1 Å². The lowest BCUT2D eigenvalue weighted by atomic mass is 9.97. The van der Waals surface area contributed by atoms with Gasteiger partial charge < -0.3 is 10.2 Å². The van der Waals surface area contributed by atoms with Gasteiger partial charge in [-0.2, -0.15) is 5.10 Å². The average molecular weight is 302 g/mol. The van der Waals surface area contributed by atoms with Crippen molar-refractivity contribution in [2.24, 2.45) is 0 Å². The molecule has 1 aliphatic heterocycles. The molecule has 1 atom stereocenters. The van der Waals surface area contributed by atoms with Crippen molar-refractivity contribution in [3.63, 3.8) is 0 Å². The van der Waals surface area contributed by atoms with E-state index < -0.39 is 5.67 Å². The number of piperidine rings is 1. The lowest BCUT2D eigenvalue weighted by molar-refractivity contribution is 0.0808. The maximum Gasteiger partial charge on any atom is 0.321 e. The number of hydrogen-bond donors (Lipinski definition) is 1. The number of carbonyl (C=O) groups is 1. The number of urea groups is 1.